The smallest absolute Gasteiger partial charge is 0.378 e. The Hall–Kier alpha value is -2.13. The van der Waals surface area contributed by atoms with Crippen molar-refractivity contribution in [2.45, 2.75) is 43.7 Å². The summed E-state index contributed by atoms with van der Waals surface area (Å²) >= 11 is 0. The summed E-state index contributed by atoms with van der Waals surface area (Å²) in [6, 6.07) is 5.22. The summed E-state index contributed by atoms with van der Waals surface area (Å²) in [6.07, 6.45) is -3.72. The molecule has 2 fully saturated rings. The molecule has 3 atom stereocenters. The summed E-state index contributed by atoms with van der Waals surface area (Å²) < 4.78 is 68.2. The molecule has 0 saturated carbocycles. The topological polar surface area (TPSA) is 59.4 Å². The van der Waals surface area contributed by atoms with Gasteiger partial charge in [0.25, 0.3) is 5.91 Å². The third-order valence-corrected chi connectivity index (χ3v) is 5.06. The highest BCUT2D eigenvalue weighted by Gasteiger charge is 2.38. The zero-order chi connectivity index (χ0) is 21.7. The Balaban J connectivity index is 1.55. The third kappa shape index (κ3) is 3.66. The van der Waals surface area contributed by atoms with Crippen LogP contribution in [0.15, 0.2) is 24.3 Å². The molecule has 2 saturated heterocycles. The molecule has 2 aliphatic heterocycles. The summed E-state index contributed by atoms with van der Waals surface area (Å²) in [5.41, 5.74) is 0.150. The Morgan fingerprint density at radius 3 is 2.70 bits per heavy atom. The van der Waals surface area contributed by atoms with Gasteiger partial charge < -0.3 is 10.1 Å². The van der Waals surface area contributed by atoms with Crippen LogP contribution in [-0.4, -0.2) is 65.1 Å². The molecule has 27 heavy (non-hydrogen) atoms. The van der Waals surface area contributed by atoms with Crippen molar-refractivity contribution in [2.24, 2.45) is 0 Å². The minimum absolute atomic E-state index is 0.0745. The third-order valence-electron chi connectivity index (χ3n) is 5.06. The molecule has 2 aliphatic rings. The summed E-state index contributed by atoms with van der Waals surface area (Å²) in [5, 5.41) is 7.10. The van der Waals surface area contributed by atoms with Crippen LogP contribution in [0, 0.1) is 0 Å². The van der Waals surface area contributed by atoms with Gasteiger partial charge >= 0.3 is 6.18 Å². The van der Waals surface area contributed by atoms with Crippen LogP contribution in [0.2, 0.25) is 0 Å². The summed E-state index contributed by atoms with van der Waals surface area (Å²) in [6.45, 7) is -3.03. The van der Waals surface area contributed by atoms with Crippen molar-refractivity contribution < 1.29 is 26.8 Å². The average Bonchev–Trinajstić information content (AvgIpc) is 2.97. The monoisotopic (exact) mass is 385 g/mol. The molecule has 146 valence electrons. The van der Waals surface area contributed by atoms with E-state index in [1.807, 2.05) is 0 Å². The normalized spacial score (nSPS) is 28.4. The molecule has 6 nitrogen and oxygen atoms in total. The number of rotatable bonds is 3. The van der Waals surface area contributed by atoms with Gasteiger partial charge in [0, 0.05) is 27.6 Å². The number of benzene rings is 1. The van der Waals surface area contributed by atoms with Crippen LogP contribution in [-0.2, 0) is 11.3 Å². The minimum Gasteiger partial charge on any atom is -0.378 e. The Morgan fingerprint density at radius 2 is 2.04 bits per heavy atom. The predicted octanol–water partition coefficient (Wildman–Crippen LogP) is 2.19. The van der Waals surface area contributed by atoms with Gasteiger partial charge in [-0.25, -0.2) is 0 Å². The van der Waals surface area contributed by atoms with E-state index >= 15 is 0 Å². The van der Waals surface area contributed by atoms with Gasteiger partial charge in [0.2, 0.25) is 0 Å². The molecular formula is C18H21F3N4O2. The fraction of sp³-hybridized carbons (Fsp3) is 0.556. The SMILES string of the molecule is [2H]C([2H])([2H])N1[C@@H]2COC[C@H]1C[C@@H](NC(=O)c1nn(CC(F)(F)F)c3ccccc13)C2. The number of aromatic nitrogens is 2. The molecule has 1 aromatic heterocycles. The molecule has 1 aromatic carbocycles. The quantitative estimate of drug-likeness (QED) is 0.880. The summed E-state index contributed by atoms with van der Waals surface area (Å²) in [5.74, 6) is -0.571. The van der Waals surface area contributed by atoms with Crippen LogP contribution in [0.3, 0.4) is 0 Å². The fourth-order valence-corrected chi connectivity index (χ4v) is 3.87. The van der Waals surface area contributed by atoms with Crippen molar-refractivity contribution in [2.75, 3.05) is 20.2 Å². The highest BCUT2D eigenvalue weighted by atomic mass is 19.4. The molecule has 1 N–H and O–H groups in total. The van der Waals surface area contributed by atoms with Crippen molar-refractivity contribution in [1.82, 2.24) is 20.0 Å². The van der Waals surface area contributed by atoms with Crippen LogP contribution >= 0.6 is 0 Å². The first-order chi connectivity index (χ1) is 14.0. The number of hydrogen-bond donors (Lipinski definition) is 1. The Morgan fingerprint density at radius 1 is 1.33 bits per heavy atom. The molecule has 9 heteroatoms. The van der Waals surface area contributed by atoms with E-state index in [4.69, 9.17) is 8.85 Å². The van der Waals surface area contributed by atoms with Crippen LogP contribution in [0.5, 0.6) is 0 Å². The number of piperidine rings is 1. The number of para-hydroxylation sites is 1. The van der Waals surface area contributed by atoms with Crippen molar-refractivity contribution >= 4 is 16.8 Å². The lowest BCUT2D eigenvalue weighted by Crippen LogP contribution is -2.59. The van der Waals surface area contributed by atoms with E-state index in [9.17, 15) is 18.0 Å². The number of fused-ring (bicyclic) bond motifs is 3. The number of amides is 1. The fourth-order valence-electron chi connectivity index (χ4n) is 3.87. The van der Waals surface area contributed by atoms with E-state index in [1.54, 1.807) is 18.2 Å². The number of nitrogens with zero attached hydrogens (tertiary/aromatic N) is 3. The highest BCUT2D eigenvalue weighted by molar-refractivity contribution is 6.05. The van der Waals surface area contributed by atoms with E-state index in [0.717, 1.165) is 4.68 Å². The van der Waals surface area contributed by atoms with Gasteiger partial charge in [-0.15, -0.1) is 0 Å². The second-order valence-corrected chi connectivity index (χ2v) is 7.03. The maximum Gasteiger partial charge on any atom is 0.408 e. The molecule has 0 unspecified atom stereocenters. The summed E-state index contributed by atoms with van der Waals surface area (Å²) in [4.78, 5) is 14.3. The lowest BCUT2D eigenvalue weighted by Gasteiger charge is -2.46. The van der Waals surface area contributed by atoms with Gasteiger partial charge in [-0.1, -0.05) is 18.2 Å². The van der Waals surface area contributed by atoms with Gasteiger partial charge in [0.1, 0.15) is 6.54 Å². The average molecular weight is 385 g/mol. The lowest BCUT2D eigenvalue weighted by molar-refractivity contribution is -0.141. The highest BCUT2D eigenvalue weighted by Crippen LogP contribution is 2.27. The predicted molar refractivity (Wildman–Crippen MR) is 92.4 cm³/mol. The minimum atomic E-state index is -4.47. The lowest BCUT2D eigenvalue weighted by atomic mass is 9.90. The van der Waals surface area contributed by atoms with Crippen LogP contribution in [0.25, 0.3) is 10.9 Å². The zero-order valence-electron chi connectivity index (χ0n) is 17.4. The van der Waals surface area contributed by atoms with Gasteiger partial charge in [-0.05, 0) is 25.9 Å². The standard InChI is InChI=1S/C18H21F3N4O2/c1-24-12-6-11(7-13(24)9-27-8-12)22-17(26)16-14-4-2-3-5-15(14)25(23-16)10-18(19,20)21/h2-5,11-13H,6-10H2,1H3,(H,22,26)/t11-,12-,13+/i1D3. The molecule has 4 rings (SSSR count). The molecule has 1 amide bonds. The molecular weight excluding hydrogens is 361 g/mol. The number of ether oxygens (including phenoxy) is 1. The van der Waals surface area contributed by atoms with E-state index < -0.39 is 25.6 Å². The first-order valence-corrected chi connectivity index (χ1v) is 8.72. The zero-order valence-corrected chi connectivity index (χ0v) is 14.4. The van der Waals surface area contributed by atoms with E-state index in [0.29, 0.717) is 18.2 Å². The van der Waals surface area contributed by atoms with Crippen molar-refractivity contribution in [3.05, 3.63) is 30.0 Å². The van der Waals surface area contributed by atoms with Gasteiger partial charge in [-0.3, -0.25) is 14.4 Å². The molecule has 3 heterocycles. The van der Waals surface area contributed by atoms with Crippen LogP contribution in [0.4, 0.5) is 13.2 Å². The van der Waals surface area contributed by atoms with E-state index in [1.165, 1.54) is 11.0 Å². The first kappa shape index (κ1) is 14.9. The number of carbonyl (C=O) groups excluding carboxylic acids is 1. The van der Waals surface area contributed by atoms with Crippen molar-refractivity contribution in [3.63, 3.8) is 0 Å². The maximum absolute atomic E-state index is 12.9. The van der Waals surface area contributed by atoms with E-state index in [-0.39, 0.29) is 42.5 Å². The second kappa shape index (κ2) is 6.79. The van der Waals surface area contributed by atoms with Gasteiger partial charge in [0.15, 0.2) is 5.69 Å². The van der Waals surface area contributed by atoms with Gasteiger partial charge in [0.05, 0.1) is 18.7 Å². The number of carbonyl (C=O) groups is 1. The maximum atomic E-state index is 12.9. The number of likely N-dealkylation sites (N-methyl/N-ethyl adjacent to an activating group) is 1. The van der Waals surface area contributed by atoms with Crippen molar-refractivity contribution in [1.29, 1.82) is 0 Å². The summed E-state index contributed by atoms with van der Waals surface area (Å²) in [7, 11) is 0. The Kier molecular flexibility index (Phi) is 3.74. The Labute approximate surface area is 158 Å². The second-order valence-electron chi connectivity index (χ2n) is 7.03. The first-order valence-electron chi connectivity index (χ1n) is 10.2. The van der Waals surface area contributed by atoms with E-state index in [2.05, 4.69) is 10.4 Å². The number of hydrogen-bond acceptors (Lipinski definition) is 4. The number of alkyl halides is 3. The van der Waals surface area contributed by atoms with Crippen molar-refractivity contribution in [3.8, 4) is 0 Å². The van der Waals surface area contributed by atoms with Crippen LogP contribution in [0.1, 0.15) is 27.4 Å². The number of halogens is 3. The molecule has 2 aromatic rings. The molecule has 0 spiro atoms. The van der Waals surface area contributed by atoms with Crippen LogP contribution < -0.4 is 5.32 Å². The molecule has 2 bridgehead atoms. The Bertz CT molecular complexity index is 933. The number of nitrogens with one attached hydrogen (secondary N) is 1. The van der Waals surface area contributed by atoms with Gasteiger partial charge in [-0.2, -0.15) is 18.3 Å². The molecule has 0 aliphatic carbocycles. The number of morpholine rings is 1. The molecule has 0 radical (unpaired) electrons. The largest absolute Gasteiger partial charge is 0.408 e.